The lowest BCUT2D eigenvalue weighted by molar-refractivity contribution is -0.143. The number of fused-ring (bicyclic) bond motifs is 1. The van der Waals surface area contributed by atoms with E-state index in [1.807, 2.05) is 36.4 Å². The van der Waals surface area contributed by atoms with Crippen molar-refractivity contribution in [3.8, 4) is 5.75 Å². The Morgan fingerprint density at radius 1 is 0.741 bits per heavy atom. The lowest BCUT2D eigenvalue weighted by Crippen LogP contribution is -2.42. The first-order valence-corrected chi connectivity index (χ1v) is 9.25. The van der Waals surface area contributed by atoms with E-state index in [0.717, 1.165) is 22.4 Å². The maximum atomic E-state index is 12.5. The zero-order chi connectivity index (χ0) is 18.5. The van der Waals surface area contributed by atoms with Gasteiger partial charge in [-0.1, -0.05) is 66.7 Å². The first-order chi connectivity index (χ1) is 13.2. The number of ether oxygens (including phenoxy) is 1. The van der Waals surface area contributed by atoms with Crippen molar-refractivity contribution in [2.24, 2.45) is 5.92 Å². The predicted molar refractivity (Wildman–Crippen MR) is 103 cm³/mol. The average molecular weight is 356 g/mol. The minimum absolute atomic E-state index is 0.0137. The van der Waals surface area contributed by atoms with Crippen molar-refractivity contribution in [1.82, 2.24) is 0 Å². The van der Waals surface area contributed by atoms with Gasteiger partial charge in [-0.3, -0.25) is 4.79 Å². The second-order valence-electron chi connectivity index (χ2n) is 7.34. The molecule has 1 N–H and O–H groups in total. The molecule has 6 rings (SSSR count). The molecule has 0 aromatic heterocycles. The zero-order valence-corrected chi connectivity index (χ0v) is 15.0. The highest BCUT2D eigenvalue weighted by Gasteiger charge is 2.53. The summed E-state index contributed by atoms with van der Waals surface area (Å²) in [5.74, 6) is -0.791. The molecule has 3 aliphatic rings. The van der Waals surface area contributed by atoms with Crippen LogP contribution in [0.25, 0.3) is 0 Å². The maximum Gasteiger partial charge on any atom is 0.308 e. The van der Waals surface area contributed by atoms with Crippen LogP contribution in [0.1, 0.15) is 45.6 Å². The number of hydrogen-bond donors (Lipinski definition) is 1. The molecule has 134 valence electrons. The van der Waals surface area contributed by atoms with Crippen LogP contribution in [0, 0.1) is 5.92 Å². The topological polar surface area (TPSA) is 46.5 Å². The summed E-state index contributed by atoms with van der Waals surface area (Å²) in [4.78, 5) is 12.5. The van der Waals surface area contributed by atoms with Crippen LogP contribution in [-0.4, -0.2) is 18.2 Å². The average Bonchev–Trinajstić information content (AvgIpc) is 2.73. The number of carbonyl (C=O) groups is 1. The van der Waals surface area contributed by atoms with Gasteiger partial charge >= 0.3 is 5.97 Å². The lowest BCUT2D eigenvalue weighted by atomic mass is 9.53. The highest BCUT2D eigenvalue weighted by molar-refractivity contribution is 5.78. The summed E-state index contributed by atoms with van der Waals surface area (Å²) in [5, 5.41) is 10.3. The van der Waals surface area contributed by atoms with Gasteiger partial charge in [0, 0.05) is 17.8 Å². The molecular weight excluding hydrogens is 336 g/mol. The molecule has 3 aromatic carbocycles. The molecule has 0 aliphatic heterocycles. The van der Waals surface area contributed by atoms with Crippen molar-refractivity contribution in [3.63, 3.8) is 0 Å². The van der Waals surface area contributed by atoms with Gasteiger partial charge in [-0.2, -0.15) is 0 Å². The fourth-order valence-electron chi connectivity index (χ4n) is 5.29. The van der Waals surface area contributed by atoms with E-state index in [-0.39, 0.29) is 17.8 Å². The van der Waals surface area contributed by atoms with Crippen LogP contribution in [0.2, 0.25) is 0 Å². The number of rotatable bonds is 3. The first kappa shape index (κ1) is 16.1. The number of aliphatic carboxylic acids is 1. The van der Waals surface area contributed by atoms with E-state index in [0.29, 0.717) is 0 Å². The van der Waals surface area contributed by atoms with Gasteiger partial charge in [0.25, 0.3) is 0 Å². The molecule has 0 unspecified atom stereocenters. The van der Waals surface area contributed by atoms with Gasteiger partial charge in [-0.25, -0.2) is 0 Å². The monoisotopic (exact) mass is 356 g/mol. The van der Waals surface area contributed by atoms with Crippen molar-refractivity contribution in [2.45, 2.75) is 17.8 Å². The molecule has 2 bridgehead atoms. The molecular formula is C24H20O3. The number of carboxylic acid groups (broad SMARTS) is 1. The molecule has 3 aliphatic carbocycles. The molecule has 0 saturated carbocycles. The number of hydrogen-bond acceptors (Lipinski definition) is 2. The van der Waals surface area contributed by atoms with Crippen LogP contribution in [0.4, 0.5) is 0 Å². The van der Waals surface area contributed by atoms with Crippen molar-refractivity contribution < 1.29 is 14.6 Å². The van der Waals surface area contributed by atoms with E-state index in [2.05, 4.69) is 36.4 Å². The second-order valence-corrected chi connectivity index (χ2v) is 7.34. The van der Waals surface area contributed by atoms with E-state index in [9.17, 15) is 9.90 Å². The Hall–Kier alpha value is -3.07. The quantitative estimate of drug-likeness (QED) is 0.735. The van der Waals surface area contributed by atoms with Crippen molar-refractivity contribution in [1.29, 1.82) is 0 Å². The Labute approximate surface area is 158 Å². The van der Waals surface area contributed by atoms with E-state index in [4.69, 9.17) is 4.74 Å². The van der Waals surface area contributed by atoms with Crippen LogP contribution >= 0.6 is 0 Å². The van der Waals surface area contributed by atoms with Gasteiger partial charge in [-0.05, 0) is 33.9 Å². The molecule has 0 heterocycles. The van der Waals surface area contributed by atoms with Gasteiger partial charge in [0.1, 0.15) is 5.75 Å². The largest absolute Gasteiger partial charge is 0.496 e. The zero-order valence-electron chi connectivity index (χ0n) is 15.0. The third-order valence-corrected chi connectivity index (χ3v) is 6.22. The maximum absolute atomic E-state index is 12.5. The first-order valence-electron chi connectivity index (χ1n) is 9.25. The number of carboxylic acids is 1. The number of para-hydroxylation sites is 1. The van der Waals surface area contributed by atoms with Crippen LogP contribution in [0.3, 0.4) is 0 Å². The van der Waals surface area contributed by atoms with Gasteiger partial charge in [0.2, 0.25) is 0 Å². The van der Waals surface area contributed by atoms with Crippen molar-refractivity contribution >= 4 is 5.97 Å². The van der Waals surface area contributed by atoms with Crippen molar-refractivity contribution in [2.75, 3.05) is 7.11 Å². The molecule has 0 spiro atoms. The molecule has 0 fully saturated rings. The van der Waals surface area contributed by atoms with Gasteiger partial charge in [0.05, 0.1) is 13.0 Å². The Kier molecular flexibility index (Phi) is 3.57. The van der Waals surface area contributed by atoms with Crippen LogP contribution < -0.4 is 4.74 Å². The SMILES string of the molecule is COc1ccccc1[C@H]1C2c3ccccc3C(c3ccccc32)[C@H]1C(=O)O. The minimum Gasteiger partial charge on any atom is -0.496 e. The molecule has 0 amide bonds. The van der Waals surface area contributed by atoms with Gasteiger partial charge in [-0.15, -0.1) is 0 Å². The molecule has 3 aromatic rings. The third-order valence-electron chi connectivity index (χ3n) is 6.22. The smallest absolute Gasteiger partial charge is 0.308 e. The summed E-state index contributed by atoms with van der Waals surface area (Å²) < 4.78 is 5.62. The van der Waals surface area contributed by atoms with Gasteiger partial charge in [0.15, 0.2) is 0 Å². The van der Waals surface area contributed by atoms with E-state index in [1.54, 1.807) is 7.11 Å². The summed E-state index contributed by atoms with van der Waals surface area (Å²) in [5.41, 5.74) is 5.77. The Morgan fingerprint density at radius 3 is 1.67 bits per heavy atom. The summed E-state index contributed by atoms with van der Waals surface area (Å²) in [6, 6.07) is 24.5. The molecule has 27 heavy (non-hydrogen) atoms. The Morgan fingerprint density at radius 2 is 1.19 bits per heavy atom. The van der Waals surface area contributed by atoms with Crippen molar-refractivity contribution in [3.05, 3.63) is 101 Å². The summed E-state index contributed by atoms with van der Waals surface area (Å²) in [6.07, 6.45) is 0. The van der Waals surface area contributed by atoms with E-state index >= 15 is 0 Å². The van der Waals surface area contributed by atoms with Crippen LogP contribution in [0.15, 0.2) is 72.8 Å². The summed E-state index contributed by atoms with van der Waals surface area (Å²) in [6.45, 7) is 0. The molecule has 0 saturated heterocycles. The summed E-state index contributed by atoms with van der Waals surface area (Å²) in [7, 11) is 1.65. The van der Waals surface area contributed by atoms with E-state index < -0.39 is 11.9 Å². The van der Waals surface area contributed by atoms with Crippen LogP contribution in [0.5, 0.6) is 5.75 Å². The standard InChI is InChI=1S/C24H20O3/c1-27-19-13-7-6-12-18(19)22-20-14-8-2-4-10-16(14)21(23(22)24(25)26)17-11-5-3-9-15(17)20/h2-13,20-23H,1H3,(H,25,26)/t20?,21?,22-,23+/m0/s1. The Bertz CT molecular complexity index is 992. The molecule has 2 atom stereocenters. The highest BCUT2D eigenvalue weighted by atomic mass is 16.5. The number of benzene rings is 3. The second kappa shape index (κ2) is 5.98. The molecule has 0 radical (unpaired) electrons. The molecule has 3 nitrogen and oxygen atoms in total. The predicted octanol–water partition coefficient (Wildman–Crippen LogP) is 4.77. The fourth-order valence-corrected chi connectivity index (χ4v) is 5.29. The van der Waals surface area contributed by atoms with Gasteiger partial charge < -0.3 is 9.84 Å². The number of methoxy groups -OCH3 is 1. The normalized spacial score (nSPS) is 24.8. The Balaban J connectivity index is 1.83. The third kappa shape index (κ3) is 2.18. The minimum atomic E-state index is -0.745. The fraction of sp³-hybridized carbons (Fsp3) is 0.208. The van der Waals surface area contributed by atoms with Crippen LogP contribution in [-0.2, 0) is 4.79 Å². The van der Waals surface area contributed by atoms with E-state index in [1.165, 1.54) is 11.1 Å². The lowest BCUT2D eigenvalue weighted by Gasteiger charge is -2.49. The highest BCUT2D eigenvalue weighted by Crippen LogP contribution is 2.62. The molecule has 3 heteroatoms. The summed E-state index contributed by atoms with van der Waals surface area (Å²) >= 11 is 0.